The fraction of sp³-hybridized carbons (Fsp3) is 0.312. The SMILES string of the molecule is Cc1cc(CNC2CC2)cc(Oc2ccc(Cl)c(F)c2)n1. The first-order chi connectivity index (χ1) is 10.1. The van der Waals surface area contributed by atoms with Crippen LogP contribution in [0.15, 0.2) is 30.3 Å². The van der Waals surface area contributed by atoms with E-state index in [0.29, 0.717) is 17.7 Å². The number of hydrogen-bond donors (Lipinski definition) is 1. The van der Waals surface area contributed by atoms with Gasteiger partial charge >= 0.3 is 0 Å². The third-order valence-electron chi connectivity index (χ3n) is 3.28. The number of halogens is 2. The van der Waals surface area contributed by atoms with Crippen LogP contribution in [0.4, 0.5) is 4.39 Å². The summed E-state index contributed by atoms with van der Waals surface area (Å²) in [6.45, 7) is 2.70. The number of nitrogens with one attached hydrogen (secondary N) is 1. The molecule has 0 amide bonds. The van der Waals surface area contributed by atoms with Crippen molar-refractivity contribution in [2.75, 3.05) is 0 Å². The molecule has 0 saturated heterocycles. The molecule has 0 spiro atoms. The quantitative estimate of drug-likeness (QED) is 0.897. The molecule has 21 heavy (non-hydrogen) atoms. The number of hydrogen-bond acceptors (Lipinski definition) is 3. The summed E-state index contributed by atoms with van der Waals surface area (Å²) >= 11 is 5.66. The molecule has 1 aliphatic rings. The summed E-state index contributed by atoms with van der Waals surface area (Å²) in [5.41, 5.74) is 1.98. The van der Waals surface area contributed by atoms with Gasteiger partial charge in [0.05, 0.1) is 5.02 Å². The Labute approximate surface area is 128 Å². The Bertz CT molecular complexity index is 659. The Hall–Kier alpha value is -1.65. The topological polar surface area (TPSA) is 34.1 Å². The van der Waals surface area contributed by atoms with Gasteiger partial charge in [-0.3, -0.25) is 0 Å². The van der Waals surface area contributed by atoms with Gasteiger partial charge in [-0.2, -0.15) is 0 Å². The van der Waals surface area contributed by atoms with Crippen molar-refractivity contribution in [2.24, 2.45) is 0 Å². The van der Waals surface area contributed by atoms with Gasteiger partial charge in [-0.15, -0.1) is 0 Å². The predicted octanol–water partition coefficient (Wildman–Crippen LogP) is 4.23. The van der Waals surface area contributed by atoms with Crippen LogP contribution in [0.3, 0.4) is 0 Å². The smallest absolute Gasteiger partial charge is 0.219 e. The molecule has 0 atom stereocenters. The summed E-state index contributed by atoms with van der Waals surface area (Å²) < 4.78 is 19.0. The van der Waals surface area contributed by atoms with E-state index >= 15 is 0 Å². The van der Waals surface area contributed by atoms with Gasteiger partial charge in [0, 0.05) is 30.4 Å². The van der Waals surface area contributed by atoms with Crippen LogP contribution in [0.25, 0.3) is 0 Å². The van der Waals surface area contributed by atoms with Crippen molar-refractivity contribution in [3.05, 3.63) is 52.4 Å². The van der Waals surface area contributed by atoms with Crippen LogP contribution in [0, 0.1) is 12.7 Å². The molecule has 1 aromatic carbocycles. The normalized spacial score (nSPS) is 14.2. The molecule has 0 aliphatic heterocycles. The minimum Gasteiger partial charge on any atom is -0.439 e. The van der Waals surface area contributed by atoms with Gasteiger partial charge in [-0.1, -0.05) is 11.6 Å². The lowest BCUT2D eigenvalue weighted by Gasteiger charge is -2.09. The molecule has 5 heteroatoms. The number of nitrogens with zero attached hydrogens (tertiary/aromatic N) is 1. The lowest BCUT2D eigenvalue weighted by Crippen LogP contribution is -2.15. The highest BCUT2D eigenvalue weighted by atomic mass is 35.5. The highest BCUT2D eigenvalue weighted by Crippen LogP contribution is 2.25. The molecule has 1 fully saturated rings. The van der Waals surface area contributed by atoms with Crippen molar-refractivity contribution in [1.82, 2.24) is 10.3 Å². The van der Waals surface area contributed by atoms with Crippen molar-refractivity contribution in [1.29, 1.82) is 0 Å². The molecule has 1 N–H and O–H groups in total. The van der Waals surface area contributed by atoms with Crippen LogP contribution in [0.2, 0.25) is 5.02 Å². The average Bonchev–Trinajstić information content (AvgIpc) is 3.24. The summed E-state index contributed by atoms with van der Waals surface area (Å²) in [6.07, 6.45) is 2.49. The minimum atomic E-state index is -0.502. The molecule has 3 nitrogen and oxygen atoms in total. The van der Waals surface area contributed by atoms with Crippen LogP contribution in [0.1, 0.15) is 24.1 Å². The molecule has 1 saturated carbocycles. The second-order valence-electron chi connectivity index (χ2n) is 5.29. The molecule has 1 heterocycles. The van der Waals surface area contributed by atoms with E-state index in [0.717, 1.165) is 17.8 Å². The van der Waals surface area contributed by atoms with Crippen LogP contribution in [-0.2, 0) is 6.54 Å². The maximum atomic E-state index is 13.4. The maximum absolute atomic E-state index is 13.4. The van der Waals surface area contributed by atoms with Gasteiger partial charge in [0.25, 0.3) is 0 Å². The summed E-state index contributed by atoms with van der Waals surface area (Å²) in [4.78, 5) is 4.32. The van der Waals surface area contributed by atoms with E-state index in [1.165, 1.54) is 25.0 Å². The summed E-state index contributed by atoms with van der Waals surface area (Å²) in [5.74, 6) is 0.345. The third-order valence-corrected chi connectivity index (χ3v) is 3.58. The first-order valence-corrected chi connectivity index (χ1v) is 7.32. The van der Waals surface area contributed by atoms with Crippen LogP contribution in [-0.4, -0.2) is 11.0 Å². The largest absolute Gasteiger partial charge is 0.439 e. The fourth-order valence-corrected chi connectivity index (χ4v) is 2.19. The molecule has 3 rings (SSSR count). The van der Waals surface area contributed by atoms with Gasteiger partial charge in [-0.05, 0) is 43.5 Å². The van der Waals surface area contributed by atoms with Gasteiger partial charge in [-0.25, -0.2) is 9.37 Å². The molecule has 0 unspecified atom stereocenters. The van der Waals surface area contributed by atoms with Gasteiger partial charge in [0.2, 0.25) is 5.88 Å². The fourth-order valence-electron chi connectivity index (χ4n) is 2.07. The van der Waals surface area contributed by atoms with Crippen molar-refractivity contribution in [3.63, 3.8) is 0 Å². The number of rotatable bonds is 5. The Morgan fingerprint density at radius 1 is 1.33 bits per heavy atom. The van der Waals surface area contributed by atoms with Crippen molar-refractivity contribution in [2.45, 2.75) is 32.4 Å². The van der Waals surface area contributed by atoms with E-state index in [9.17, 15) is 4.39 Å². The van der Waals surface area contributed by atoms with E-state index in [2.05, 4.69) is 10.3 Å². The van der Waals surface area contributed by atoms with E-state index in [4.69, 9.17) is 16.3 Å². The molecule has 110 valence electrons. The first-order valence-electron chi connectivity index (χ1n) is 6.94. The maximum Gasteiger partial charge on any atom is 0.219 e. The van der Waals surface area contributed by atoms with Gasteiger partial charge in [0.15, 0.2) is 0 Å². The Morgan fingerprint density at radius 3 is 2.86 bits per heavy atom. The van der Waals surface area contributed by atoms with Crippen LogP contribution < -0.4 is 10.1 Å². The first kappa shape index (κ1) is 14.3. The molecule has 0 bridgehead atoms. The summed E-state index contributed by atoms with van der Waals surface area (Å²) in [7, 11) is 0. The molecular weight excluding hydrogens is 291 g/mol. The molecular formula is C16H16ClFN2O. The number of pyridine rings is 1. The van der Waals surface area contributed by atoms with Crippen LogP contribution in [0.5, 0.6) is 11.6 Å². The minimum absolute atomic E-state index is 0.0777. The van der Waals surface area contributed by atoms with Gasteiger partial charge in [0.1, 0.15) is 11.6 Å². The lowest BCUT2D eigenvalue weighted by atomic mass is 10.2. The zero-order valence-corrected chi connectivity index (χ0v) is 12.5. The predicted molar refractivity (Wildman–Crippen MR) is 80.3 cm³/mol. The molecule has 2 aromatic rings. The third kappa shape index (κ3) is 3.93. The zero-order valence-electron chi connectivity index (χ0n) is 11.7. The second-order valence-corrected chi connectivity index (χ2v) is 5.70. The van der Waals surface area contributed by atoms with Crippen molar-refractivity contribution in [3.8, 4) is 11.6 Å². The average molecular weight is 307 g/mol. The van der Waals surface area contributed by atoms with E-state index in [1.54, 1.807) is 6.07 Å². The van der Waals surface area contributed by atoms with Crippen LogP contribution >= 0.6 is 11.6 Å². The Kier molecular flexibility index (Phi) is 4.08. The van der Waals surface area contributed by atoms with E-state index in [1.807, 2.05) is 19.1 Å². The highest BCUT2D eigenvalue weighted by molar-refractivity contribution is 6.30. The standard InChI is InChI=1S/C16H16ClFN2O/c1-10-6-11(9-19-12-2-3-12)7-16(20-10)21-13-4-5-14(17)15(18)8-13/h4-8,12,19H,2-3,9H2,1H3. The highest BCUT2D eigenvalue weighted by Gasteiger charge is 2.20. The monoisotopic (exact) mass is 306 g/mol. The number of ether oxygens (including phenoxy) is 1. The zero-order chi connectivity index (χ0) is 14.8. The Morgan fingerprint density at radius 2 is 2.14 bits per heavy atom. The lowest BCUT2D eigenvalue weighted by molar-refractivity contribution is 0.455. The van der Waals surface area contributed by atoms with Crippen molar-refractivity contribution < 1.29 is 9.13 Å². The molecule has 1 aromatic heterocycles. The second kappa shape index (κ2) is 6.00. The number of aromatic nitrogens is 1. The molecule has 0 radical (unpaired) electrons. The van der Waals surface area contributed by atoms with Crippen molar-refractivity contribution >= 4 is 11.6 Å². The Balaban J connectivity index is 1.75. The number of aryl methyl sites for hydroxylation is 1. The molecule has 1 aliphatic carbocycles. The summed E-state index contributed by atoms with van der Waals surface area (Å²) in [5, 5.41) is 3.52. The number of benzene rings is 1. The summed E-state index contributed by atoms with van der Waals surface area (Å²) in [6, 6.07) is 8.89. The van der Waals surface area contributed by atoms with E-state index < -0.39 is 5.82 Å². The van der Waals surface area contributed by atoms with E-state index in [-0.39, 0.29) is 5.02 Å². The van der Waals surface area contributed by atoms with Gasteiger partial charge < -0.3 is 10.1 Å².